The molecule has 0 saturated heterocycles. The van der Waals surface area contributed by atoms with Crippen LogP contribution in [0.4, 0.5) is 34.1 Å². The molecule has 1 heterocycles. The highest BCUT2D eigenvalue weighted by molar-refractivity contribution is 6.07. The number of hydrogen-bond acceptors (Lipinski definition) is 4. The molecule has 0 aliphatic heterocycles. The van der Waals surface area contributed by atoms with Gasteiger partial charge in [-0.25, -0.2) is 9.97 Å². The Hall–Kier alpha value is -7.04. The van der Waals surface area contributed by atoms with Crippen LogP contribution < -0.4 is 9.80 Å². The Balaban J connectivity index is 1.19. The Bertz CT molecular complexity index is 2570. The van der Waals surface area contributed by atoms with Gasteiger partial charge in [0, 0.05) is 44.6 Å². The van der Waals surface area contributed by atoms with Crippen LogP contribution in [0.15, 0.2) is 206 Å². The highest BCUT2D eigenvalue weighted by atomic mass is 15.2. The van der Waals surface area contributed by atoms with Crippen LogP contribution in [0, 0.1) is 0 Å². The molecule has 1 aromatic heterocycles. The van der Waals surface area contributed by atoms with Crippen molar-refractivity contribution in [3.05, 3.63) is 206 Å². The molecule has 0 saturated carbocycles. The van der Waals surface area contributed by atoms with Crippen LogP contribution in [0.1, 0.15) is 0 Å². The Morgan fingerprint density at radius 1 is 0.269 bits per heavy atom. The molecule has 0 atom stereocenters. The molecule has 4 nitrogen and oxygen atoms in total. The van der Waals surface area contributed by atoms with Crippen molar-refractivity contribution in [3.8, 4) is 22.5 Å². The number of aromatic nitrogens is 2. The molecular formula is C48H34N4. The number of hydrogen-bond donors (Lipinski definition) is 0. The van der Waals surface area contributed by atoms with Gasteiger partial charge in [-0.05, 0) is 72.8 Å². The van der Waals surface area contributed by atoms with Crippen molar-refractivity contribution in [1.82, 2.24) is 9.97 Å². The molecule has 0 fully saturated rings. The van der Waals surface area contributed by atoms with Gasteiger partial charge < -0.3 is 9.80 Å². The number of anilines is 6. The van der Waals surface area contributed by atoms with E-state index in [9.17, 15) is 0 Å². The quantitative estimate of drug-likeness (QED) is 0.162. The maximum absolute atomic E-state index is 5.15. The predicted octanol–water partition coefficient (Wildman–Crippen LogP) is 13.1. The zero-order chi connectivity index (χ0) is 34.7. The molecule has 9 aromatic rings. The van der Waals surface area contributed by atoms with Gasteiger partial charge >= 0.3 is 0 Å². The Kier molecular flexibility index (Phi) is 8.16. The number of fused-ring (bicyclic) bond motifs is 2. The third-order valence-corrected chi connectivity index (χ3v) is 9.42. The second kappa shape index (κ2) is 13.7. The SMILES string of the molecule is c1ccc(-c2nc3ccccc3nc2-c2ccc(N(c3ccccc3)c3ccc(N(c4ccccc4)c4ccccc4)c4ccccc34)cc2)cc1. The summed E-state index contributed by atoms with van der Waals surface area (Å²) < 4.78 is 0. The molecule has 246 valence electrons. The smallest absolute Gasteiger partial charge is 0.0973 e. The first-order valence-electron chi connectivity index (χ1n) is 17.5. The fourth-order valence-electron chi connectivity index (χ4n) is 7.01. The fourth-order valence-corrected chi connectivity index (χ4v) is 7.01. The largest absolute Gasteiger partial charge is 0.310 e. The third kappa shape index (κ3) is 5.82. The maximum Gasteiger partial charge on any atom is 0.0973 e. The average Bonchev–Trinajstić information content (AvgIpc) is 3.23. The van der Waals surface area contributed by atoms with Crippen molar-refractivity contribution >= 4 is 55.9 Å². The predicted molar refractivity (Wildman–Crippen MR) is 217 cm³/mol. The highest BCUT2D eigenvalue weighted by Crippen LogP contribution is 2.45. The molecule has 9 rings (SSSR count). The lowest BCUT2D eigenvalue weighted by Crippen LogP contribution is -2.13. The van der Waals surface area contributed by atoms with Gasteiger partial charge in [0.05, 0.1) is 33.8 Å². The van der Waals surface area contributed by atoms with E-state index in [1.807, 2.05) is 42.5 Å². The molecular weight excluding hydrogens is 633 g/mol. The van der Waals surface area contributed by atoms with E-state index in [1.54, 1.807) is 0 Å². The molecule has 0 amide bonds. The van der Waals surface area contributed by atoms with E-state index < -0.39 is 0 Å². The molecule has 0 bridgehead atoms. The standard InChI is InChI=1S/C48H34N4/c1-5-17-35(18-6-1)47-48(50-44-28-16-15-27-43(44)49-47)36-29-31-40(32-30-36)52(39-23-11-4-12-24-39)46-34-33-45(41-25-13-14-26-42(41)46)51(37-19-7-2-8-20-37)38-21-9-3-10-22-38/h1-34H. The van der Waals surface area contributed by atoms with Crippen LogP contribution in [0.3, 0.4) is 0 Å². The number of benzene rings is 8. The first kappa shape index (κ1) is 31.0. The summed E-state index contributed by atoms with van der Waals surface area (Å²) in [4.78, 5) is 14.9. The van der Waals surface area contributed by atoms with Gasteiger partial charge in [0.2, 0.25) is 0 Å². The summed E-state index contributed by atoms with van der Waals surface area (Å²) in [5, 5.41) is 2.31. The van der Waals surface area contributed by atoms with Crippen molar-refractivity contribution in [2.75, 3.05) is 9.80 Å². The molecule has 0 radical (unpaired) electrons. The first-order valence-corrected chi connectivity index (χ1v) is 17.5. The summed E-state index contributed by atoms with van der Waals surface area (Å²) in [5.41, 5.74) is 12.1. The van der Waals surface area contributed by atoms with Crippen molar-refractivity contribution in [1.29, 1.82) is 0 Å². The summed E-state index contributed by atoms with van der Waals surface area (Å²) >= 11 is 0. The summed E-state index contributed by atoms with van der Waals surface area (Å²) in [7, 11) is 0. The summed E-state index contributed by atoms with van der Waals surface area (Å²) in [5.74, 6) is 0. The molecule has 0 N–H and O–H groups in total. The van der Waals surface area contributed by atoms with Gasteiger partial charge in [0.1, 0.15) is 0 Å². The van der Waals surface area contributed by atoms with Crippen molar-refractivity contribution in [3.63, 3.8) is 0 Å². The number of rotatable bonds is 8. The summed E-state index contributed by atoms with van der Waals surface area (Å²) in [6.45, 7) is 0. The lowest BCUT2D eigenvalue weighted by molar-refractivity contribution is 1.27. The van der Waals surface area contributed by atoms with Crippen LogP contribution in [-0.4, -0.2) is 9.97 Å². The highest BCUT2D eigenvalue weighted by Gasteiger charge is 2.21. The van der Waals surface area contributed by atoms with Crippen LogP contribution in [0.25, 0.3) is 44.3 Å². The van der Waals surface area contributed by atoms with Gasteiger partial charge in [0.15, 0.2) is 0 Å². The molecule has 4 heteroatoms. The van der Waals surface area contributed by atoms with Gasteiger partial charge in [0.25, 0.3) is 0 Å². The van der Waals surface area contributed by atoms with Crippen molar-refractivity contribution in [2.45, 2.75) is 0 Å². The Morgan fingerprint density at radius 3 is 1.02 bits per heavy atom. The molecule has 0 spiro atoms. The second-order valence-corrected chi connectivity index (χ2v) is 12.6. The van der Waals surface area contributed by atoms with Gasteiger partial charge in [-0.15, -0.1) is 0 Å². The number of nitrogens with zero attached hydrogens (tertiary/aromatic N) is 4. The minimum absolute atomic E-state index is 0.861. The normalized spacial score (nSPS) is 11.1. The van der Waals surface area contributed by atoms with E-state index in [0.29, 0.717) is 0 Å². The van der Waals surface area contributed by atoms with E-state index in [-0.39, 0.29) is 0 Å². The Morgan fingerprint density at radius 2 is 0.596 bits per heavy atom. The topological polar surface area (TPSA) is 32.3 Å². The van der Waals surface area contributed by atoms with Gasteiger partial charge in [-0.1, -0.05) is 133 Å². The van der Waals surface area contributed by atoms with E-state index in [1.165, 1.54) is 0 Å². The average molecular weight is 667 g/mol. The van der Waals surface area contributed by atoms with Crippen LogP contribution in [0.5, 0.6) is 0 Å². The molecule has 52 heavy (non-hydrogen) atoms. The van der Waals surface area contributed by atoms with E-state index in [0.717, 1.165) is 78.4 Å². The van der Waals surface area contributed by atoms with Crippen molar-refractivity contribution < 1.29 is 0 Å². The molecule has 8 aromatic carbocycles. The van der Waals surface area contributed by atoms with Gasteiger partial charge in [-0.2, -0.15) is 0 Å². The summed E-state index contributed by atoms with van der Waals surface area (Å²) in [6, 6.07) is 72.0. The van der Waals surface area contributed by atoms with E-state index >= 15 is 0 Å². The zero-order valence-electron chi connectivity index (χ0n) is 28.4. The van der Waals surface area contributed by atoms with Crippen molar-refractivity contribution in [2.24, 2.45) is 0 Å². The van der Waals surface area contributed by atoms with Crippen LogP contribution in [0.2, 0.25) is 0 Å². The number of para-hydroxylation sites is 5. The fraction of sp³-hybridized carbons (Fsp3) is 0. The van der Waals surface area contributed by atoms with E-state index in [2.05, 4.69) is 174 Å². The van der Waals surface area contributed by atoms with Gasteiger partial charge in [-0.3, -0.25) is 0 Å². The van der Waals surface area contributed by atoms with E-state index in [4.69, 9.17) is 9.97 Å². The third-order valence-electron chi connectivity index (χ3n) is 9.42. The lowest BCUT2D eigenvalue weighted by atomic mass is 10.0. The first-order chi connectivity index (χ1) is 25.8. The zero-order valence-corrected chi connectivity index (χ0v) is 28.4. The molecule has 0 aliphatic rings. The van der Waals surface area contributed by atoms with Crippen LogP contribution in [-0.2, 0) is 0 Å². The summed E-state index contributed by atoms with van der Waals surface area (Å²) in [6.07, 6.45) is 0. The minimum Gasteiger partial charge on any atom is -0.310 e. The molecule has 0 aliphatic carbocycles. The minimum atomic E-state index is 0.861. The monoisotopic (exact) mass is 666 g/mol. The second-order valence-electron chi connectivity index (χ2n) is 12.6. The van der Waals surface area contributed by atoms with Crippen LogP contribution >= 0.6 is 0 Å². The maximum atomic E-state index is 5.15. The Labute approximate surface area is 303 Å². The lowest BCUT2D eigenvalue weighted by Gasteiger charge is -2.30. The molecule has 0 unspecified atom stereocenters.